The van der Waals surface area contributed by atoms with E-state index in [0.29, 0.717) is 26.1 Å². The number of hydrogen-bond acceptors (Lipinski definition) is 4. The van der Waals surface area contributed by atoms with Gasteiger partial charge in [-0.2, -0.15) is 0 Å². The number of rotatable bonds is 8. The first-order chi connectivity index (χ1) is 8.22. The molecule has 0 bridgehead atoms. The second-order valence-corrected chi connectivity index (χ2v) is 4.93. The van der Waals surface area contributed by atoms with Crippen molar-refractivity contribution < 1.29 is 9.53 Å². The molecule has 0 spiro atoms. The van der Waals surface area contributed by atoms with Crippen molar-refractivity contribution in [3.05, 3.63) is 21.3 Å². The highest BCUT2D eigenvalue weighted by Gasteiger charge is 2.01. The Balaban J connectivity index is 2.02. The number of amides is 1. The van der Waals surface area contributed by atoms with E-state index in [9.17, 15) is 4.79 Å². The van der Waals surface area contributed by atoms with Gasteiger partial charge in [-0.05, 0) is 6.07 Å². The van der Waals surface area contributed by atoms with Crippen molar-refractivity contribution in [2.45, 2.75) is 13.0 Å². The van der Waals surface area contributed by atoms with Crippen molar-refractivity contribution in [2.24, 2.45) is 0 Å². The van der Waals surface area contributed by atoms with Crippen LogP contribution in [0, 0.1) is 0 Å². The molecule has 0 saturated heterocycles. The Morgan fingerprint density at radius 3 is 3.00 bits per heavy atom. The molecule has 0 radical (unpaired) electrons. The summed E-state index contributed by atoms with van der Waals surface area (Å²) in [7, 11) is 1.61. The smallest absolute Gasteiger partial charge is 0.221 e. The van der Waals surface area contributed by atoms with Crippen LogP contribution in [0.5, 0.6) is 0 Å². The van der Waals surface area contributed by atoms with Crippen molar-refractivity contribution in [1.29, 1.82) is 0 Å². The molecule has 6 heteroatoms. The molecular formula is C11H17ClN2O2S. The second-order valence-electron chi connectivity index (χ2n) is 3.50. The van der Waals surface area contributed by atoms with Crippen molar-refractivity contribution in [3.8, 4) is 0 Å². The summed E-state index contributed by atoms with van der Waals surface area (Å²) in [4.78, 5) is 12.5. The molecule has 0 aliphatic rings. The predicted octanol–water partition coefficient (Wildman–Crippen LogP) is 1.64. The summed E-state index contributed by atoms with van der Waals surface area (Å²) >= 11 is 7.41. The van der Waals surface area contributed by atoms with Gasteiger partial charge in [-0.15, -0.1) is 11.3 Å². The number of hydrogen-bond donors (Lipinski definition) is 2. The average Bonchev–Trinajstić information content (AvgIpc) is 2.71. The number of nitrogens with one attached hydrogen (secondary N) is 2. The molecule has 0 atom stereocenters. The van der Waals surface area contributed by atoms with Crippen LogP contribution in [0.2, 0.25) is 5.02 Å². The van der Waals surface area contributed by atoms with Crippen LogP contribution < -0.4 is 10.6 Å². The van der Waals surface area contributed by atoms with E-state index in [1.165, 1.54) is 4.88 Å². The lowest BCUT2D eigenvalue weighted by Gasteiger charge is -2.05. The zero-order chi connectivity index (χ0) is 12.5. The van der Waals surface area contributed by atoms with Crippen LogP contribution >= 0.6 is 22.9 Å². The minimum Gasteiger partial charge on any atom is -0.383 e. The molecule has 0 aliphatic heterocycles. The van der Waals surface area contributed by atoms with Gasteiger partial charge >= 0.3 is 0 Å². The predicted molar refractivity (Wildman–Crippen MR) is 70.5 cm³/mol. The topological polar surface area (TPSA) is 50.4 Å². The lowest BCUT2D eigenvalue weighted by Crippen LogP contribution is -2.29. The zero-order valence-electron chi connectivity index (χ0n) is 9.79. The van der Waals surface area contributed by atoms with Gasteiger partial charge in [0.05, 0.1) is 11.6 Å². The van der Waals surface area contributed by atoms with Gasteiger partial charge in [0.25, 0.3) is 0 Å². The Morgan fingerprint density at radius 2 is 2.35 bits per heavy atom. The summed E-state index contributed by atoms with van der Waals surface area (Å²) in [6.45, 7) is 2.53. The van der Waals surface area contributed by atoms with Crippen LogP contribution in [-0.4, -0.2) is 32.7 Å². The number of methoxy groups -OCH3 is 1. The second kappa shape index (κ2) is 8.47. The maximum Gasteiger partial charge on any atom is 0.221 e. The third-order valence-corrected chi connectivity index (χ3v) is 3.36. The van der Waals surface area contributed by atoms with Crippen molar-refractivity contribution in [2.75, 3.05) is 26.8 Å². The van der Waals surface area contributed by atoms with Crippen LogP contribution in [0.1, 0.15) is 11.3 Å². The molecule has 96 valence electrons. The van der Waals surface area contributed by atoms with E-state index in [-0.39, 0.29) is 5.91 Å². The molecule has 17 heavy (non-hydrogen) atoms. The number of halogens is 1. The minimum atomic E-state index is 0.0405. The number of carbonyl (C=O) groups excluding carboxylic acids is 1. The third-order valence-electron chi connectivity index (χ3n) is 2.08. The van der Waals surface area contributed by atoms with E-state index in [1.54, 1.807) is 18.4 Å². The molecule has 1 amide bonds. The average molecular weight is 277 g/mol. The molecule has 0 unspecified atom stereocenters. The van der Waals surface area contributed by atoms with E-state index >= 15 is 0 Å². The Labute approximate surface area is 110 Å². The Hall–Kier alpha value is -0.620. The lowest BCUT2D eigenvalue weighted by molar-refractivity contribution is -0.121. The summed E-state index contributed by atoms with van der Waals surface area (Å²) in [6, 6.07) is 1.93. The first-order valence-corrected chi connectivity index (χ1v) is 6.67. The van der Waals surface area contributed by atoms with Crippen LogP contribution in [0.4, 0.5) is 0 Å². The fourth-order valence-corrected chi connectivity index (χ4v) is 2.28. The summed E-state index contributed by atoms with van der Waals surface area (Å²) in [6.07, 6.45) is 0.475. The van der Waals surface area contributed by atoms with Gasteiger partial charge in [-0.25, -0.2) is 0 Å². The number of ether oxygens (including phenoxy) is 1. The first kappa shape index (κ1) is 14.4. The molecule has 0 aromatic carbocycles. The summed E-state index contributed by atoms with van der Waals surface area (Å²) in [5.74, 6) is 0.0405. The maximum absolute atomic E-state index is 11.3. The van der Waals surface area contributed by atoms with Gasteiger partial charge < -0.3 is 15.4 Å². The summed E-state index contributed by atoms with van der Waals surface area (Å²) in [5, 5.41) is 8.63. The van der Waals surface area contributed by atoms with E-state index in [1.807, 2.05) is 11.4 Å². The van der Waals surface area contributed by atoms with Crippen molar-refractivity contribution in [1.82, 2.24) is 10.6 Å². The molecule has 0 aliphatic carbocycles. The molecule has 1 aromatic heterocycles. The quantitative estimate of drug-likeness (QED) is 0.710. The highest BCUT2D eigenvalue weighted by atomic mass is 35.5. The van der Waals surface area contributed by atoms with E-state index < -0.39 is 0 Å². The SMILES string of the molecule is COCCNC(=O)CCNCc1cc(Cl)cs1. The molecule has 2 N–H and O–H groups in total. The molecule has 1 rings (SSSR count). The molecule has 1 heterocycles. The number of carbonyl (C=O) groups is 1. The number of thiophene rings is 1. The van der Waals surface area contributed by atoms with E-state index in [2.05, 4.69) is 10.6 Å². The van der Waals surface area contributed by atoms with Crippen molar-refractivity contribution in [3.63, 3.8) is 0 Å². The molecule has 0 fully saturated rings. The fraction of sp³-hybridized carbons (Fsp3) is 0.545. The van der Waals surface area contributed by atoms with Gasteiger partial charge in [0.1, 0.15) is 0 Å². The van der Waals surface area contributed by atoms with Crippen LogP contribution in [-0.2, 0) is 16.1 Å². The van der Waals surface area contributed by atoms with Crippen molar-refractivity contribution >= 4 is 28.8 Å². The Bertz CT molecular complexity index is 344. The van der Waals surface area contributed by atoms with E-state index in [0.717, 1.165) is 11.6 Å². The first-order valence-electron chi connectivity index (χ1n) is 5.41. The molecule has 1 aromatic rings. The lowest BCUT2D eigenvalue weighted by atomic mass is 10.4. The Morgan fingerprint density at radius 1 is 1.53 bits per heavy atom. The van der Waals surface area contributed by atoms with Crippen LogP contribution in [0.3, 0.4) is 0 Å². The van der Waals surface area contributed by atoms with Gasteiger partial charge in [-0.1, -0.05) is 11.6 Å². The van der Waals surface area contributed by atoms with E-state index in [4.69, 9.17) is 16.3 Å². The summed E-state index contributed by atoms with van der Waals surface area (Å²) < 4.78 is 4.84. The van der Waals surface area contributed by atoms with Gasteiger partial charge in [0, 0.05) is 43.4 Å². The molecule has 4 nitrogen and oxygen atoms in total. The van der Waals surface area contributed by atoms with Crippen LogP contribution in [0.25, 0.3) is 0 Å². The monoisotopic (exact) mass is 276 g/mol. The highest BCUT2D eigenvalue weighted by molar-refractivity contribution is 7.10. The maximum atomic E-state index is 11.3. The standard InChI is InChI=1S/C11H17ClN2O2S/c1-16-5-4-14-11(15)2-3-13-7-10-6-9(12)8-17-10/h6,8,13H,2-5,7H2,1H3,(H,14,15). The molecular weight excluding hydrogens is 260 g/mol. The fourth-order valence-electron chi connectivity index (χ4n) is 1.24. The molecule has 0 saturated carbocycles. The largest absolute Gasteiger partial charge is 0.383 e. The normalized spacial score (nSPS) is 10.5. The summed E-state index contributed by atoms with van der Waals surface area (Å²) in [5.41, 5.74) is 0. The zero-order valence-corrected chi connectivity index (χ0v) is 11.4. The Kier molecular flexibility index (Phi) is 7.19. The van der Waals surface area contributed by atoms with Gasteiger partial charge in [0.2, 0.25) is 5.91 Å². The third kappa shape index (κ3) is 6.63. The van der Waals surface area contributed by atoms with Crippen LogP contribution in [0.15, 0.2) is 11.4 Å². The van der Waals surface area contributed by atoms with Gasteiger partial charge in [-0.3, -0.25) is 4.79 Å². The minimum absolute atomic E-state index is 0.0405. The van der Waals surface area contributed by atoms with Gasteiger partial charge in [0.15, 0.2) is 0 Å². The highest BCUT2D eigenvalue weighted by Crippen LogP contribution is 2.18.